The predicted octanol–water partition coefficient (Wildman–Crippen LogP) is 0.842. The maximum atomic E-state index is 10.9. The van der Waals surface area contributed by atoms with Gasteiger partial charge in [-0.05, 0) is 12.5 Å². The third-order valence-corrected chi connectivity index (χ3v) is 2.93. The van der Waals surface area contributed by atoms with Crippen LogP contribution in [0.5, 0.6) is 11.5 Å². The van der Waals surface area contributed by atoms with Crippen LogP contribution in [0.25, 0.3) is 0 Å². The van der Waals surface area contributed by atoms with Gasteiger partial charge >= 0.3 is 0 Å². The lowest BCUT2D eigenvalue weighted by Crippen LogP contribution is -2.31. The molecule has 0 fully saturated rings. The van der Waals surface area contributed by atoms with E-state index >= 15 is 0 Å². The fourth-order valence-electron chi connectivity index (χ4n) is 1.76. The van der Waals surface area contributed by atoms with E-state index < -0.39 is 5.91 Å². The van der Waals surface area contributed by atoms with Crippen molar-refractivity contribution in [3.8, 4) is 11.5 Å². The fourth-order valence-corrected chi connectivity index (χ4v) is 1.76. The molecule has 0 aliphatic heterocycles. The van der Waals surface area contributed by atoms with E-state index in [1.54, 1.807) is 6.07 Å². The topological polar surface area (TPSA) is 93.8 Å². The van der Waals surface area contributed by atoms with E-state index in [0.717, 1.165) is 12.0 Å². The Morgan fingerprint density at radius 3 is 2.71 bits per heavy atom. The van der Waals surface area contributed by atoms with Crippen molar-refractivity contribution in [3.05, 3.63) is 23.8 Å². The van der Waals surface area contributed by atoms with Gasteiger partial charge in [0.05, 0.1) is 13.7 Å². The summed E-state index contributed by atoms with van der Waals surface area (Å²) in [6, 6.07) is 5.48. The summed E-state index contributed by atoms with van der Waals surface area (Å²) in [5.74, 6) is 0.494. The second-order valence-corrected chi connectivity index (χ2v) is 4.37. The number of methoxy groups -OCH3 is 1. The summed E-state index contributed by atoms with van der Waals surface area (Å²) in [5.41, 5.74) is 5.94. The first-order valence-electron chi connectivity index (χ1n) is 6.53. The number of halogens is 1. The third kappa shape index (κ3) is 6.20. The van der Waals surface area contributed by atoms with Gasteiger partial charge in [0.2, 0.25) is 0 Å². The highest BCUT2D eigenvalue weighted by Crippen LogP contribution is 2.31. The average Bonchev–Trinajstić information content (AvgIpc) is 2.46. The minimum Gasteiger partial charge on any atom is -0.493 e. The van der Waals surface area contributed by atoms with E-state index in [9.17, 15) is 9.90 Å². The number of aliphatic hydroxyl groups excluding tert-OH is 1. The van der Waals surface area contributed by atoms with Crippen LogP contribution in [-0.4, -0.2) is 37.4 Å². The Morgan fingerprint density at radius 1 is 1.48 bits per heavy atom. The molecule has 0 saturated heterocycles. The van der Waals surface area contributed by atoms with Crippen LogP contribution in [0.4, 0.5) is 0 Å². The largest absolute Gasteiger partial charge is 0.493 e. The van der Waals surface area contributed by atoms with Crippen LogP contribution in [0, 0.1) is 0 Å². The molecule has 120 valence electrons. The van der Waals surface area contributed by atoms with Gasteiger partial charge in [-0.1, -0.05) is 19.1 Å². The van der Waals surface area contributed by atoms with E-state index in [1.807, 2.05) is 19.1 Å². The number of nitrogens with one attached hydrogen (secondary N) is 1. The molecule has 0 bridgehead atoms. The quantitative estimate of drug-likeness (QED) is 0.627. The minimum atomic E-state index is -0.545. The zero-order valence-electron chi connectivity index (χ0n) is 12.3. The number of primary amides is 1. The number of carbonyl (C=O) groups excluding carboxylic acids is 1. The number of hydrogen-bond acceptors (Lipinski definition) is 5. The van der Waals surface area contributed by atoms with Crippen LogP contribution in [0.3, 0.4) is 0 Å². The summed E-state index contributed by atoms with van der Waals surface area (Å²) < 4.78 is 10.6. The Balaban J connectivity index is 0.00000400. The number of ether oxygens (including phenoxy) is 2. The van der Waals surface area contributed by atoms with Crippen LogP contribution >= 0.6 is 12.4 Å². The summed E-state index contributed by atoms with van der Waals surface area (Å²) >= 11 is 0. The molecule has 0 aromatic heterocycles. The molecular formula is C14H23ClN2O4. The van der Waals surface area contributed by atoms with E-state index in [2.05, 4.69) is 5.32 Å². The molecule has 21 heavy (non-hydrogen) atoms. The molecule has 1 aromatic rings. The number of para-hydroxylation sites is 1. The van der Waals surface area contributed by atoms with Crippen molar-refractivity contribution in [2.75, 3.05) is 20.3 Å². The Labute approximate surface area is 131 Å². The first-order chi connectivity index (χ1) is 9.62. The molecule has 0 aliphatic carbocycles. The zero-order valence-corrected chi connectivity index (χ0v) is 13.1. The molecule has 4 N–H and O–H groups in total. The van der Waals surface area contributed by atoms with Crippen molar-refractivity contribution in [1.82, 2.24) is 5.32 Å². The van der Waals surface area contributed by atoms with Crippen LogP contribution in [0.15, 0.2) is 18.2 Å². The molecule has 0 radical (unpaired) electrons. The summed E-state index contributed by atoms with van der Waals surface area (Å²) in [4.78, 5) is 10.9. The molecule has 7 heteroatoms. The average molecular weight is 319 g/mol. The van der Waals surface area contributed by atoms with Gasteiger partial charge in [-0.3, -0.25) is 4.79 Å². The SMILES string of the molecule is CCC(CO)NCc1cccc(OC)c1OCC(N)=O.Cl. The van der Waals surface area contributed by atoms with Gasteiger partial charge in [-0.25, -0.2) is 0 Å². The standard InChI is InChI=1S/C14H22N2O4.ClH/c1-3-11(8-17)16-7-10-5-4-6-12(19-2)14(10)20-9-13(15)18;/h4-6,11,16-17H,3,7-9H2,1-2H3,(H2,15,18);1H. The number of aliphatic hydroxyl groups is 1. The van der Waals surface area contributed by atoms with Crippen LogP contribution in [0.2, 0.25) is 0 Å². The first-order valence-corrected chi connectivity index (χ1v) is 6.53. The number of amides is 1. The molecule has 0 aliphatic rings. The van der Waals surface area contributed by atoms with Gasteiger partial charge in [0.25, 0.3) is 5.91 Å². The van der Waals surface area contributed by atoms with E-state index in [4.69, 9.17) is 15.2 Å². The molecule has 1 amide bonds. The highest BCUT2D eigenvalue weighted by molar-refractivity contribution is 5.85. The summed E-state index contributed by atoms with van der Waals surface area (Å²) in [5, 5.41) is 12.4. The van der Waals surface area contributed by atoms with Crippen molar-refractivity contribution in [3.63, 3.8) is 0 Å². The first kappa shape index (κ1) is 19.5. The van der Waals surface area contributed by atoms with Gasteiger partial charge < -0.3 is 25.6 Å². The Morgan fingerprint density at radius 2 is 2.19 bits per heavy atom. The lowest BCUT2D eigenvalue weighted by molar-refractivity contribution is -0.119. The number of benzene rings is 1. The highest BCUT2D eigenvalue weighted by Gasteiger charge is 2.13. The van der Waals surface area contributed by atoms with Crippen LogP contribution in [-0.2, 0) is 11.3 Å². The normalized spacial score (nSPS) is 11.4. The molecule has 0 spiro atoms. The van der Waals surface area contributed by atoms with Gasteiger partial charge in [0, 0.05) is 18.2 Å². The van der Waals surface area contributed by atoms with Gasteiger partial charge in [-0.15, -0.1) is 12.4 Å². The molecule has 6 nitrogen and oxygen atoms in total. The van der Waals surface area contributed by atoms with Crippen LogP contribution < -0.4 is 20.5 Å². The van der Waals surface area contributed by atoms with Crippen molar-refractivity contribution in [2.45, 2.75) is 25.9 Å². The Kier molecular flexibility index (Phi) is 9.53. The maximum absolute atomic E-state index is 10.9. The lowest BCUT2D eigenvalue weighted by atomic mass is 10.1. The molecular weight excluding hydrogens is 296 g/mol. The highest BCUT2D eigenvalue weighted by atomic mass is 35.5. The lowest BCUT2D eigenvalue weighted by Gasteiger charge is -2.17. The van der Waals surface area contributed by atoms with Crippen molar-refractivity contribution < 1.29 is 19.4 Å². The monoisotopic (exact) mass is 318 g/mol. The van der Waals surface area contributed by atoms with Gasteiger partial charge in [0.15, 0.2) is 18.1 Å². The van der Waals surface area contributed by atoms with Crippen LogP contribution in [0.1, 0.15) is 18.9 Å². The number of rotatable bonds is 9. The van der Waals surface area contributed by atoms with Crippen molar-refractivity contribution in [2.24, 2.45) is 5.73 Å². The van der Waals surface area contributed by atoms with Gasteiger partial charge in [-0.2, -0.15) is 0 Å². The predicted molar refractivity (Wildman–Crippen MR) is 82.9 cm³/mol. The zero-order chi connectivity index (χ0) is 15.0. The summed E-state index contributed by atoms with van der Waals surface area (Å²) in [7, 11) is 1.53. The summed E-state index contributed by atoms with van der Waals surface area (Å²) in [6.07, 6.45) is 0.817. The number of hydrogen-bond donors (Lipinski definition) is 3. The van der Waals surface area contributed by atoms with Crippen molar-refractivity contribution >= 4 is 18.3 Å². The molecule has 0 saturated carbocycles. The Hall–Kier alpha value is -1.50. The molecule has 1 aromatic carbocycles. The van der Waals surface area contributed by atoms with Gasteiger partial charge in [0.1, 0.15) is 0 Å². The maximum Gasteiger partial charge on any atom is 0.255 e. The Bertz CT molecular complexity index is 439. The second-order valence-electron chi connectivity index (χ2n) is 4.37. The molecule has 1 unspecified atom stereocenters. The molecule has 0 heterocycles. The third-order valence-electron chi connectivity index (χ3n) is 2.93. The molecule has 1 rings (SSSR count). The van der Waals surface area contributed by atoms with Crippen molar-refractivity contribution in [1.29, 1.82) is 0 Å². The second kappa shape index (κ2) is 10.3. The number of carbonyl (C=O) groups is 1. The minimum absolute atomic E-state index is 0. The smallest absolute Gasteiger partial charge is 0.255 e. The fraction of sp³-hybridized carbons (Fsp3) is 0.500. The number of nitrogens with two attached hydrogens (primary N) is 1. The molecule has 1 atom stereocenters. The van der Waals surface area contributed by atoms with E-state index in [1.165, 1.54) is 7.11 Å². The van der Waals surface area contributed by atoms with E-state index in [-0.39, 0.29) is 31.7 Å². The van der Waals surface area contributed by atoms with E-state index in [0.29, 0.717) is 18.0 Å². The summed E-state index contributed by atoms with van der Waals surface area (Å²) in [6.45, 7) is 2.36.